The summed E-state index contributed by atoms with van der Waals surface area (Å²) in [6.07, 6.45) is 0. The summed E-state index contributed by atoms with van der Waals surface area (Å²) >= 11 is 0. The molecule has 7 heteroatoms. The Kier molecular flexibility index (Phi) is 4.67. The van der Waals surface area contributed by atoms with Crippen molar-refractivity contribution in [2.75, 3.05) is 5.32 Å². The Balaban J connectivity index is 2.05. The zero-order chi connectivity index (χ0) is 16.1. The molecule has 0 atom stereocenters. The lowest BCUT2D eigenvalue weighted by atomic mass is 10.2. The van der Waals surface area contributed by atoms with Crippen LogP contribution >= 0.6 is 0 Å². The van der Waals surface area contributed by atoms with E-state index in [1.54, 1.807) is 24.3 Å². The molecule has 22 heavy (non-hydrogen) atoms. The normalized spacial score (nSPS) is 10.1. The van der Waals surface area contributed by atoms with E-state index in [1.165, 1.54) is 0 Å². The first-order chi connectivity index (χ1) is 10.5. The molecule has 2 aromatic carbocycles. The number of carboxylic acids is 1. The van der Waals surface area contributed by atoms with Crippen LogP contribution in [0.4, 0.5) is 19.3 Å². The van der Waals surface area contributed by atoms with E-state index in [4.69, 9.17) is 5.11 Å². The minimum absolute atomic E-state index is 0.210. The van der Waals surface area contributed by atoms with Crippen molar-refractivity contribution in [1.29, 1.82) is 0 Å². The van der Waals surface area contributed by atoms with E-state index >= 15 is 0 Å². The highest BCUT2D eigenvalue weighted by Crippen LogP contribution is 2.19. The molecule has 0 saturated heterocycles. The summed E-state index contributed by atoms with van der Waals surface area (Å²) in [6, 6.07) is 9.42. The molecule has 114 valence electrons. The van der Waals surface area contributed by atoms with Crippen LogP contribution in [0.1, 0.15) is 15.9 Å². The van der Waals surface area contributed by atoms with E-state index in [1.807, 2.05) is 6.07 Å². The van der Waals surface area contributed by atoms with Gasteiger partial charge in [-0.3, -0.25) is 0 Å². The second kappa shape index (κ2) is 6.66. The molecule has 0 bridgehead atoms. The van der Waals surface area contributed by atoms with Crippen molar-refractivity contribution < 1.29 is 23.5 Å². The number of amides is 2. The van der Waals surface area contributed by atoms with Gasteiger partial charge in [-0.15, -0.1) is 0 Å². The number of nitrogens with one attached hydrogen (secondary N) is 2. The number of urea groups is 1. The van der Waals surface area contributed by atoms with Crippen LogP contribution in [0.15, 0.2) is 42.5 Å². The van der Waals surface area contributed by atoms with Crippen LogP contribution in [0, 0.1) is 11.6 Å². The summed E-state index contributed by atoms with van der Waals surface area (Å²) in [6.45, 7) is 0.210. The molecule has 0 aliphatic heterocycles. The third-order valence-corrected chi connectivity index (χ3v) is 2.83. The summed E-state index contributed by atoms with van der Waals surface area (Å²) in [5.41, 5.74) is -0.299. The number of rotatable bonds is 4. The highest BCUT2D eigenvalue weighted by molar-refractivity contribution is 5.93. The number of anilines is 1. The molecule has 0 unspecified atom stereocenters. The van der Waals surface area contributed by atoms with Gasteiger partial charge in [-0.2, -0.15) is 0 Å². The monoisotopic (exact) mass is 306 g/mol. The van der Waals surface area contributed by atoms with Crippen molar-refractivity contribution in [1.82, 2.24) is 5.32 Å². The van der Waals surface area contributed by atoms with E-state index in [2.05, 4.69) is 10.6 Å². The highest BCUT2D eigenvalue weighted by Gasteiger charge is 2.16. The van der Waals surface area contributed by atoms with E-state index < -0.39 is 34.9 Å². The summed E-state index contributed by atoms with van der Waals surface area (Å²) in [7, 11) is 0. The molecule has 0 heterocycles. The number of hydrogen-bond acceptors (Lipinski definition) is 2. The minimum atomic E-state index is -1.55. The largest absolute Gasteiger partial charge is 0.478 e. The molecule has 2 rings (SSSR count). The molecular formula is C15H12F2N2O3. The summed E-state index contributed by atoms with van der Waals surface area (Å²) in [5.74, 6) is -3.82. The van der Waals surface area contributed by atoms with E-state index in [-0.39, 0.29) is 6.54 Å². The Morgan fingerprint density at radius 1 is 1.05 bits per heavy atom. The van der Waals surface area contributed by atoms with Gasteiger partial charge >= 0.3 is 12.0 Å². The molecule has 0 spiro atoms. The molecule has 2 aromatic rings. The Bertz CT molecular complexity index is 705. The van der Waals surface area contributed by atoms with Crippen LogP contribution < -0.4 is 10.6 Å². The summed E-state index contributed by atoms with van der Waals surface area (Å²) in [5, 5.41) is 13.4. The zero-order valence-corrected chi connectivity index (χ0v) is 11.3. The second-order valence-electron chi connectivity index (χ2n) is 4.41. The predicted molar refractivity (Wildman–Crippen MR) is 75.6 cm³/mol. The number of carbonyl (C=O) groups excluding carboxylic acids is 1. The number of aromatic carboxylic acids is 1. The number of benzene rings is 2. The summed E-state index contributed by atoms with van der Waals surface area (Å²) < 4.78 is 26.8. The third kappa shape index (κ3) is 3.78. The van der Waals surface area contributed by atoms with Crippen molar-refractivity contribution in [3.63, 3.8) is 0 Å². The van der Waals surface area contributed by atoms with Crippen LogP contribution in [0.25, 0.3) is 0 Å². The van der Waals surface area contributed by atoms with Gasteiger partial charge in [0.2, 0.25) is 0 Å². The van der Waals surface area contributed by atoms with Gasteiger partial charge in [0.25, 0.3) is 0 Å². The van der Waals surface area contributed by atoms with Crippen LogP contribution in [0.2, 0.25) is 0 Å². The van der Waals surface area contributed by atoms with E-state index in [9.17, 15) is 18.4 Å². The van der Waals surface area contributed by atoms with Crippen molar-refractivity contribution in [3.8, 4) is 0 Å². The van der Waals surface area contributed by atoms with Crippen LogP contribution in [-0.2, 0) is 6.54 Å². The third-order valence-electron chi connectivity index (χ3n) is 2.83. The standard InChI is InChI=1S/C15H12F2N2O3/c16-11-7-12(17)13(6-10(11)14(20)21)19-15(22)18-8-9-4-2-1-3-5-9/h1-7H,8H2,(H,20,21)(H2,18,19,22). The van der Waals surface area contributed by atoms with Crippen LogP contribution in [-0.4, -0.2) is 17.1 Å². The first-order valence-electron chi connectivity index (χ1n) is 6.28. The topological polar surface area (TPSA) is 78.4 Å². The lowest BCUT2D eigenvalue weighted by Gasteiger charge is -2.09. The quantitative estimate of drug-likeness (QED) is 0.812. The number of carbonyl (C=O) groups is 2. The van der Waals surface area contributed by atoms with Gasteiger partial charge in [0.1, 0.15) is 11.6 Å². The lowest BCUT2D eigenvalue weighted by molar-refractivity contribution is 0.0692. The predicted octanol–water partition coefficient (Wildman–Crippen LogP) is 2.98. The molecule has 3 N–H and O–H groups in total. The molecule has 0 aromatic heterocycles. The second-order valence-corrected chi connectivity index (χ2v) is 4.41. The van der Waals surface area contributed by atoms with Gasteiger partial charge in [-0.05, 0) is 11.6 Å². The fourth-order valence-corrected chi connectivity index (χ4v) is 1.75. The minimum Gasteiger partial charge on any atom is -0.478 e. The fourth-order valence-electron chi connectivity index (χ4n) is 1.75. The Hall–Kier alpha value is -2.96. The average Bonchev–Trinajstić information content (AvgIpc) is 2.48. The maximum atomic E-state index is 13.5. The van der Waals surface area contributed by atoms with E-state index in [0.717, 1.165) is 11.6 Å². The van der Waals surface area contributed by atoms with Crippen LogP contribution in [0.5, 0.6) is 0 Å². The average molecular weight is 306 g/mol. The summed E-state index contributed by atoms with van der Waals surface area (Å²) in [4.78, 5) is 22.5. The molecule has 0 aliphatic carbocycles. The maximum Gasteiger partial charge on any atom is 0.338 e. The first kappa shape index (κ1) is 15.4. The molecule has 2 amide bonds. The Labute approximate surface area is 124 Å². The van der Waals surface area contributed by atoms with Gasteiger partial charge in [-0.25, -0.2) is 18.4 Å². The molecule has 0 aliphatic rings. The number of carboxylic acid groups (broad SMARTS) is 1. The van der Waals surface area contributed by atoms with Gasteiger partial charge in [-0.1, -0.05) is 30.3 Å². The van der Waals surface area contributed by atoms with Gasteiger partial charge in [0.15, 0.2) is 0 Å². The van der Waals surface area contributed by atoms with Crippen molar-refractivity contribution in [2.24, 2.45) is 0 Å². The van der Waals surface area contributed by atoms with Crippen LogP contribution in [0.3, 0.4) is 0 Å². The molecule has 0 radical (unpaired) electrons. The zero-order valence-electron chi connectivity index (χ0n) is 11.3. The van der Waals surface area contributed by atoms with Crippen molar-refractivity contribution >= 4 is 17.7 Å². The SMILES string of the molecule is O=C(NCc1ccccc1)Nc1cc(C(=O)O)c(F)cc1F. The van der Waals surface area contributed by atoms with Crippen molar-refractivity contribution in [3.05, 3.63) is 65.2 Å². The van der Waals surface area contributed by atoms with Gasteiger partial charge < -0.3 is 15.7 Å². The van der Waals surface area contributed by atoms with E-state index in [0.29, 0.717) is 6.07 Å². The lowest BCUT2D eigenvalue weighted by Crippen LogP contribution is -2.28. The number of hydrogen-bond donors (Lipinski definition) is 3. The smallest absolute Gasteiger partial charge is 0.338 e. The van der Waals surface area contributed by atoms with Gasteiger partial charge in [0.05, 0.1) is 11.3 Å². The molecule has 0 fully saturated rings. The molecular weight excluding hydrogens is 294 g/mol. The Morgan fingerprint density at radius 3 is 2.36 bits per heavy atom. The first-order valence-corrected chi connectivity index (χ1v) is 6.28. The fraction of sp³-hybridized carbons (Fsp3) is 0.0667. The van der Waals surface area contributed by atoms with Gasteiger partial charge in [0, 0.05) is 12.6 Å². The number of halogens is 2. The molecule has 5 nitrogen and oxygen atoms in total. The van der Waals surface area contributed by atoms with Crippen molar-refractivity contribution in [2.45, 2.75) is 6.54 Å². The molecule has 0 saturated carbocycles. The highest BCUT2D eigenvalue weighted by atomic mass is 19.1. The maximum absolute atomic E-state index is 13.5. The Morgan fingerprint density at radius 2 is 1.73 bits per heavy atom.